The molecule has 0 radical (unpaired) electrons. The molecular formula is C10H17F2Zr. The van der Waals surface area contributed by atoms with Crippen molar-refractivity contribution in [2.45, 2.75) is 34.6 Å². The fourth-order valence-electron chi connectivity index (χ4n) is 1.59. The third-order valence-electron chi connectivity index (χ3n) is 3.06. The van der Waals surface area contributed by atoms with E-state index in [0.717, 1.165) is 0 Å². The maximum Gasteiger partial charge on any atom is -0.269 e. The van der Waals surface area contributed by atoms with Crippen molar-refractivity contribution in [3.63, 3.8) is 0 Å². The Kier molecular flexibility index (Phi) is 5.59. The van der Waals surface area contributed by atoms with Crippen LogP contribution in [-0.2, 0) is 24.7 Å². The molecule has 13 heavy (non-hydrogen) atoms. The molecule has 1 rings (SSSR count). The van der Waals surface area contributed by atoms with Crippen LogP contribution < -0.4 is 0 Å². The maximum atomic E-state index is 2.33. The van der Waals surface area contributed by atoms with Gasteiger partial charge in [0.15, 0.2) is 0 Å². The van der Waals surface area contributed by atoms with Gasteiger partial charge in [-0.2, -0.15) is 0 Å². The number of rotatable bonds is 0. The average Bonchev–Trinajstić information content (AvgIpc) is 2.06. The Morgan fingerprint density at radius 2 is 1.31 bits per heavy atom. The van der Waals surface area contributed by atoms with Crippen LogP contribution in [0.4, 0.5) is 9.41 Å². The van der Waals surface area contributed by atoms with E-state index < -0.39 is 0 Å². The van der Waals surface area contributed by atoms with Gasteiger partial charge in [-0.1, -0.05) is 0 Å². The number of halogens is 2. The van der Waals surface area contributed by atoms with Crippen molar-refractivity contribution in [3.8, 4) is 0 Å². The van der Waals surface area contributed by atoms with Crippen LogP contribution in [0, 0.1) is 5.41 Å². The van der Waals surface area contributed by atoms with Crippen molar-refractivity contribution >= 4 is 0 Å². The summed E-state index contributed by atoms with van der Waals surface area (Å²) in [5.74, 6) is 0. The largest absolute Gasteiger partial charge is 0.269 e. The summed E-state index contributed by atoms with van der Waals surface area (Å²) in [6, 6.07) is 0. The monoisotopic (exact) mass is 265 g/mol. The summed E-state index contributed by atoms with van der Waals surface area (Å²) in [5, 5.41) is 0. The number of allylic oxidation sites excluding steroid dienone is 4. The van der Waals surface area contributed by atoms with E-state index in [4.69, 9.17) is 0 Å². The second kappa shape index (κ2) is 4.64. The van der Waals surface area contributed by atoms with Crippen molar-refractivity contribution in [3.05, 3.63) is 20.0 Å². The van der Waals surface area contributed by atoms with Crippen molar-refractivity contribution < 1.29 is 34.1 Å². The SMILES string of the molecule is CC1=C(C)C(C)(C)[C]([Zr])=C1C.F.F. The van der Waals surface area contributed by atoms with Crippen LogP contribution in [-0.4, -0.2) is 0 Å². The summed E-state index contributed by atoms with van der Waals surface area (Å²) in [6.45, 7) is 11.4. The summed E-state index contributed by atoms with van der Waals surface area (Å²) >= 11 is 1.57. The van der Waals surface area contributed by atoms with Gasteiger partial charge >= 0.3 is 84.8 Å². The summed E-state index contributed by atoms with van der Waals surface area (Å²) in [4.78, 5) is 0. The Balaban J connectivity index is 0. The molecule has 0 saturated heterocycles. The molecule has 0 atom stereocenters. The standard InChI is InChI=1S/C10H15.2FH.Zr/c1-7-6-10(4,5)9(3)8(7)2;;;/h1-5H3;2*1H;. The van der Waals surface area contributed by atoms with Gasteiger partial charge < -0.3 is 0 Å². The Morgan fingerprint density at radius 1 is 0.923 bits per heavy atom. The summed E-state index contributed by atoms with van der Waals surface area (Å²) < 4.78 is 1.62. The minimum Gasteiger partial charge on any atom is -0.269 e. The smallest absolute Gasteiger partial charge is 0.269 e. The third-order valence-corrected chi connectivity index (χ3v) is 5.52. The van der Waals surface area contributed by atoms with E-state index in [1.165, 1.54) is 11.1 Å². The minimum atomic E-state index is 0. The average molecular weight is 266 g/mol. The molecule has 0 fully saturated rings. The van der Waals surface area contributed by atoms with Crippen LogP contribution in [0.15, 0.2) is 20.0 Å². The van der Waals surface area contributed by atoms with Crippen molar-refractivity contribution in [1.82, 2.24) is 0 Å². The molecule has 0 aromatic carbocycles. The predicted octanol–water partition coefficient (Wildman–Crippen LogP) is 3.49. The van der Waals surface area contributed by atoms with Gasteiger partial charge in [0.1, 0.15) is 0 Å². The third kappa shape index (κ3) is 2.18. The van der Waals surface area contributed by atoms with E-state index in [2.05, 4.69) is 34.6 Å². The molecule has 0 amide bonds. The summed E-state index contributed by atoms with van der Waals surface area (Å²) in [6.07, 6.45) is 0. The first kappa shape index (κ1) is 15.7. The summed E-state index contributed by atoms with van der Waals surface area (Å²) in [5.41, 5.74) is 4.96. The Morgan fingerprint density at radius 3 is 1.38 bits per heavy atom. The van der Waals surface area contributed by atoms with E-state index >= 15 is 0 Å². The summed E-state index contributed by atoms with van der Waals surface area (Å²) in [7, 11) is 0. The topological polar surface area (TPSA) is 0 Å². The molecule has 0 aromatic heterocycles. The fourth-order valence-corrected chi connectivity index (χ4v) is 2.52. The quantitative estimate of drug-likeness (QED) is 0.629. The first-order valence-corrected chi connectivity index (χ1v) is 5.23. The zero-order valence-electron chi connectivity index (χ0n) is 8.82. The zero-order chi connectivity index (χ0) is 8.81. The number of hydrogen-bond acceptors (Lipinski definition) is 0. The second-order valence-corrected chi connectivity index (χ2v) is 5.10. The van der Waals surface area contributed by atoms with Gasteiger partial charge in [0.05, 0.1) is 0 Å². The molecule has 0 spiro atoms. The Bertz CT molecular complexity index is 236. The van der Waals surface area contributed by atoms with Crippen molar-refractivity contribution in [1.29, 1.82) is 0 Å². The first-order valence-electron chi connectivity index (χ1n) is 4.00. The van der Waals surface area contributed by atoms with E-state index in [1.807, 2.05) is 0 Å². The van der Waals surface area contributed by atoms with Crippen LogP contribution >= 0.6 is 0 Å². The van der Waals surface area contributed by atoms with E-state index in [0.29, 0.717) is 5.41 Å². The molecule has 1 aliphatic rings. The van der Waals surface area contributed by atoms with Gasteiger partial charge in [0.25, 0.3) is 0 Å². The molecule has 0 unspecified atom stereocenters. The van der Waals surface area contributed by atoms with Crippen molar-refractivity contribution in [2.24, 2.45) is 5.41 Å². The van der Waals surface area contributed by atoms with E-state index in [-0.39, 0.29) is 9.41 Å². The molecular weight excluding hydrogens is 249 g/mol. The van der Waals surface area contributed by atoms with Crippen molar-refractivity contribution in [2.75, 3.05) is 0 Å². The molecule has 0 nitrogen and oxygen atoms in total. The van der Waals surface area contributed by atoms with Crippen LogP contribution in [0.5, 0.6) is 0 Å². The normalized spacial score (nSPS) is 19.7. The number of hydrogen-bond donors (Lipinski definition) is 0. The minimum absolute atomic E-state index is 0. The maximum absolute atomic E-state index is 2.33. The molecule has 0 heterocycles. The Labute approximate surface area is 94.1 Å². The molecule has 0 saturated carbocycles. The van der Waals surface area contributed by atoms with Gasteiger partial charge in [-0.15, -0.1) is 0 Å². The van der Waals surface area contributed by atoms with Gasteiger partial charge in [0.2, 0.25) is 0 Å². The predicted molar refractivity (Wildman–Crippen MR) is 49.9 cm³/mol. The van der Waals surface area contributed by atoms with E-state index in [1.54, 1.807) is 33.6 Å². The second-order valence-electron chi connectivity index (χ2n) is 3.88. The van der Waals surface area contributed by atoms with Crippen LogP contribution in [0.2, 0.25) is 0 Å². The molecule has 0 aromatic rings. The first-order chi connectivity index (χ1) is 4.89. The molecule has 0 N–H and O–H groups in total. The zero-order valence-corrected chi connectivity index (χ0v) is 11.3. The molecule has 0 bridgehead atoms. The molecule has 75 valence electrons. The Hall–Kier alpha value is 0.223. The van der Waals surface area contributed by atoms with Gasteiger partial charge in [0, 0.05) is 0 Å². The van der Waals surface area contributed by atoms with Crippen LogP contribution in [0.3, 0.4) is 0 Å². The molecule has 3 heteroatoms. The van der Waals surface area contributed by atoms with Crippen LogP contribution in [0.25, 0.3) is 0 Å². The van der Waals surface area contributed by atoms with Crippen LogP contribution in [0.1, 0.15) is 34.6 Å². The molecule has 1 aliphatic carbocycles. The van der Waals surface area contributed by atoms with Gasteiger partial charge in [-0.05, 0) is 0 Å². The molecule has 0 aliphatic heterocycles. The fraction of sp³-hybridized carbons (Fsp3) is 0.600. The van der Waals surface area contributed by atoms with Gasteiger partial charge in [-0.3, -0.25) is 9.41 Å². The van der Waals surface area contributed by atoms with E-state index in [9.17, 15) is 0 Å². The van der Waals surface area contributed by atoms with Gasteiger partial charge in [-0.25, -0.2) is 0 Å².